The molecule has 0 amide bonds. The van der Waals surface area contributed by atoms with E-state index >= 15 is 0 Å². The summed E-state index contributed by atoms with van der Waals surface area (Å²) in [5, 5.41) is 3.53. The van der Waals surface area contributed by atoms with Crippen molar-refractivity contribution in [2.45, 2.75) is 38.6 Å². The van der Waals surface area contributed by atoms with Crippen LogP contribution < -0.4 is 5.32 Å². The van der Waals surface area contributed by atoms with Crippen LogP contribution in [0.1, 0.15) is 38.2 Å². The van der Waals surface area contributed by atoms with Gasteiger partial charge in [0.2, 0.25) is 10.0 Å². The first-order valence-corrected chi connectivity index (χ1v) is 9.02. The number of nitrogens with zero attached hydrogens (tertiary/aromatic N) is 1. The highest BCUT2D eigenvalue weighted by Gasteiger charge is 2.24. The van der Waals surface area contributed by atoms with Gasteiger partial charge in [0, 0.05) is 24.8 Å². The van der Waals surface area contributed by atoms with Crippen molar-refractivity contribution in [3.8, 4) is 0 Å². The normalized spacial score (nSPS) is 18.4. The van der Waals surface area contributed by atoms with E-state index in [1.54, 1.807) is 4.31 Å². The van der Waals surface area contributed by atoms with Gasteiger partial charge in [0.15, 0.2) is 0 Å². The third-order valence-electron chi connectivity index (χ3n) is 3.85. The Kier molecular flexibility index (Phi) is 4.70. The molecule has 5 heteroatoms. The van der Waals surface area contributed by atoms with Gasteiger partial charge in [0.1, 0.15) is 0 Å². The predicted octanol–water partition coefficient (Wildman–Crippen LogP) is 2.65. The number of benzene rings is 1. The Morgan fingerprint density at radius 2 is 1.90 bits per heavy atom. The van der Waals surface area contributed by atoms with Crippen molar-refractivity contribution in [3.05, 3.63) is 29.8 Å². The van der Waals surface area contributed by atoms with Crippen molar-refractivity contribution in [3.63, 3.8) is 0 Å². The highest BCUT2D eigenvalue weighted by atomic mass is 32.2. The Labute approximate surface area is 122 Å². The van der Waals surface area contributed by atoms with E-state index in [0.717, 1.165) is 18.5 Å². The summed E-state index contributed by atoms with van der Waals surface area (Å²) >= 11 is 0. The first-order chi connectivity index (χ1) is 9.36. The minimum atomic E-state index is -3.03. The highest BCUT2D eigenvalue weighted by molar-refractivity contribution is 7.88. The van der Waals surface area contributed by atoms with E-state index in [4.69, 9.17) is 0 Å². The molecule has 112 valence electrons. The fourth-order valence-electron chi connectivity index (χ4n) is 2.56. The Bertz CT molecular complexity index is 547. The molecule has 0 spiro atoms. The van der Waals surface area contributed by atoms with Crippen LogP contribution in [0.25, 0.3) is 0 Å². The van der Waals surface area contributed by atoms with Gasteiger partial charge in [-0.1, -0.05) is 26.0 Å². The Morgan fingerprint density at radius 1 is 1.25 bits per heavy atom. The van der Waals surface area contributed by atoms with Gasteiger partial charge in [-0.05, 0) is 36.5 Å². The lowest BCUT2D eigenvalue weighted by atomic mass is 10.0. The summed E-state index contributed by atoms with van der Waals surface area (Å²) in [6.07, 6.45) is 3.00. The molecule has 4 nitrogen and oxygen atoms in total. The van der Waals surface area contributed by atoms with Gasteiger partial charge < -0.3 is 5.32 Å². The summed E-state index contributed by atoms with van der Waals surface area (Å²) in [6.45, 7) is 5.59. The molecule has 1 N–H and O–H groups in total. The number of rotatable bonds is 4. The molecule has 2 rings (SSSR count). The van der Waals surface area contributed by atoms with Crippen molar-refractivity contribution in [1.29, 1.82) is 0 Å². The van der Waals surface area contributed by atoms with Crippen molar-refractivity contribution >= 4 is 15.7 Å². The zero-order valence-electron chi connectivity index (χ0n) is 12.5. The SMILES string of the molecule is CC(C)c1cccc(NC2CCN(S(C)(=O)=O)CC2)c1. The molecule has 0 aliphatic carbocycles. The standard InChI is InChI=1S/C15H24N2O2S/c1-12(2)13-5-4-6-15(11-13)16-14-7-9-17(10-8-14)20(3,18)19/h4-6,11-12,14,16H,7-10H2,1-3H3. The van der Waals surface area contributed by atoms with E-state index in [-0.39, 0.29) is 0 Å². The average Bonchev–Trinajstić information content (AvgIpc) is 2.38. The molecule has 20 heavy (non-hydrogen) atoms. The molecular weight excluding hydrogens is 272 g/mol. The fourth-order valence-corrected chi connectivity index (χ4v) is 3.43. The van der Waals surface area contributed by atoms with E-state index in [2.05, 4.69) is 43.4 Å². The third-order valence-corrected chi connectivity index (χ3v) is 5.15. The summed E-state index contributed by atoms with van der Waals surface area (Å²) in [4.78, 5) is 0. The molecular formula is C15H24N2O2S. The second kappa shape index (κ2) is 6.14. The van der Waals surface area contributed by atoms with Crippen LogP contribution in [-0.4, -0.2) is 38.1 Å². The van der Waals surface area contributed by atoms with Crippen molar-refractivity contribution in [1.82, 2.24) is 4.31 Å². The highest BCUT2D eigenvalue weighted by Crippen LogP contribution is 2.22. The van der Waals surface area contributed by atoms with Gasteiger partial charge in [-0.2, -0.15) is 0 Å². The molecule has 1 fully saturated rings. The first kappa shape index (κ1) is 15.3. The molecule has 0 bridgehead atoms. The van der Waals surface area contributed by atoms with Crippen LogP contribution in [0.4, 0.5) is 5.69 Å². The molecule has 1 aromatic rings. The van der Waals surface area contributed by atoms with Crippen LogP contribution in [0.5, 0.6) is 0 Å². The third kappa shape index (κ3) is 3.96. The Hall–Kier alpha value is -1.07. The first-order valence-electron chi connectivity index (χ1n) is 7.18. The van der Waals surface area contributed by atoms with Crippen LogP contribution in [0.15, 0.2) is 24.3 Å². The van der Waals surface area contributed by atoms with Crippen LogP contribution in [0.3, 0.4) is 0 Å². The molecule has 1 aliphatic heterocycles. The molecule has 0 atom stereocenters. The molecule has 1 aliphatic rings. The lowest BCUT2D eigenvalue weighted by Crippen LogP contribution is -2.41. The van der Waals surface area contributed by atoms with Gasteiger partial charge in [-0.15, -0.1) is 0 Å². The molecule has 1 aromatic carbocycles. The number of piperidine rings is 1. The Morgan fingerprint density at radius 3 is 2.45 bits per heavy atom. The fraction of sp³-hybridized carbons (Fsp3) is 0.600. The minimum absolute atomic E-state index is 0.357. The van der Waals surface area contributed by atoms with Gasteiger partial charge in [0.05, 0.1) is 6.26 Å². The zero-order valence-corrected chi connectivity index (χ0v) is 13.3. The summed E-state index contributed by atoms with van der Waals surface area (Å²) in [5.41, 5.74) is 2.46. The van der Waals surface area contributed by atoms with Crippen LogP contribution >= 0.6 is 0 Å². The minimum Gasteiger partial charge on any atom is -0.382 e. The number of nitrogens with one attached hydrogen (secondary N) is 1. The van der Waals surface area contributed by atoms with Crippen molar-refractivity contribution in [2.75, 3.05) is 24.7 Å². The quantitative estimate of drug-likeness (QED) is 0.929. The van der Waals surface area contributed by atoms with Crippen LogP contribution in [0, 0.1) is 0 Å². The molecule has 1 saturated heterocycles. The zero-order chi connectivity index (χ0) is 14.8. The van der Waals surface area contributed by atoms with Gasteiger partial charge in [-0.3, -0.25) is 0 Å². The molecule has 0 radical (unpaired) electrons. The second-order valence-electron chi connectivity index (χ2n) is 5.86. The second-order valence-corrected chi connectivity index (χ2v) is 7.84. The maximum absolute atomic E-state index is 11.5. The van der Waals surface area contributed by atoms with Crippen LogP contribution in [0.2, 0.25) is 0 Å². The summed E-state index contributed by atoms with van der Waals surface area (Å²) in [7, 11) is -3.03. The topological polar surface area (TPSA) is 49.4 Å². The van der Waals surface area contributed by atoms with Crippen LogP contribution in [-0.2, 0) is 10.0 Å². The lowest BCUT2D eigenvalue weighted by Gasteiger charge is -2.31. The van der Waals surface area contributed by atoms with Gasteiger partial charge in [0.25, 0.3) is 0 Å². The number of hydrogen-bond donors (Lipinski definition) is 1. The summed E-state index contributed by atoms with van der Waals surface area (Å²) in [6, 6.07) is 8.84. The summed E-state index contributed by atoms with van der Waals surface area (Å²) in [5.74, 6) is 0.517. The molecule has 1 heterocycles. The maximum Gasteiger partial charge on any atom is 0.211 e. The van der Waals surface area contributed by atoms with E-state index < -0.39 is 10.0 Å². The smallest absolute Gasteiger partial charge is 0.211 e. The van der Waals surface area contributed by atoms with E-state index in [1.807, 2.05) is 0 Å². The molecule has 0 aromatic heterocycles. The Balaban J connectivity index is 1.94. The van der Waals surface area contributed by atoms with E-state index in [9.17, 15) is 8.42 Å². The maximum atomic E-state index is 11.5. The molecule has 0 saturated carbocycles. The van der Waals surface area contributed by atoms with Gasteiger partial charge >= 0.3 is 0 Å². The largest absolute Gasteiger partial charge is 0.382 e. The van der Waals surface area contributed by atoms with E-state index in [1.165, 1.54) is 11.8 Å². The van der Waals surface area contributed by atoms with Crippen molar-refractivity contribution in [2.24, 2.45) is 0 Å². The number of sulfonamides is 1. The monoisotopic (exact) mass is 296 g/mol. The van der Waals surface area contributed by atoms with Crippen molar-refractivity contribution < 1.29 is 8.42 Å². The van der Waals surface area contributed by atoms with E-state index in [0.29, 0.717) is 25.0 Å². The molecule has 0 unspecified atom stereocenters. The summed E-state index contributed by atoms with van der Waals surface area (Å²) < 4.78 is 24.5. The number of hydrogen-bond acceptors (Lipinski definition) is 3. The number of anilines is 1. The average molecular weight is 296 g/mol. The lowest BCUT2D eigenvalue weighted by molar-refractivity contribution is 0.332. The predicted molar refractivity (Wildman–Crippen MR) is 83.6 cm³/mol. The van der Waals surface area contributed by atoms with Gasteiger partial charge in [-0.25, -0.2) is 12.7 Å².